The number of carbonyl (C=O) groups is 1. The summed E-state index contributed by atoms with van der Waals surface area (Å²) in [5.41, 5.74) is 4.69. The van der Waals surface area contributed by atoms with E-state index in [2.05, 4.69) is 25.1 Å². The van der Waals surface area contributed by atoms with E-state index < -0.39 is 12.0 Å². The molecule has 0 N–H and O–H groups in total. The monoisotopic (exact) mass is 380 g/mol. The van der Waals surface area contributed by atoms with Crippen LogP contribution in [-0.2, 0) is 9.53 Å². The number of halogens is 1. The van der Waals surface area contributed by atoms with Crippen LogP contribution in [0.4, 0.5) is 0 Å². The van der Waals surface area contributed by atoms with Crippen LogP contribution >= 0.6 is 11.6 Å². The Bertz CT molecular complexity index is 928. The van der Waals surface area contributed by atoms with Gasteiger partial charge in [-0.2, -0.15) is 5.26 Å². The number of likely N-dealkylation sites (N-methyl/N-ethyl adjacent to an activating group) is 1. The number of nitriles is 1. The van der Waals surface area contributed by atoms with Gasteiger partial charge in [-0.25, -0.2) is 4.79 Å². The molecule has 0 saturated carbocycles. The second-order valence-corrected chi connectivity index (χ2v) is 6.90. The highest BCUT2D eigenvalue weighted by molar-refractivity contribution is 6.30. The number of benzene rings is 2. The summed E-state index contributed by atoms with van der Waals surface area (Å²) in [6, 6.07) is 17.6. The Morgan fingerprint density at radius 1 is 1.22 bits per heavy atom. The van der Waals surface area contributed by atoms with Crippen LogP contribution in [-0.4, -0.2) is 30.6 Å². The van der Waals surface area contributed by atoms with Crippen LogP contribution in [0.5, 0.6) is 0 Å². The lowest BCUT2D eigenvalue weighted by Crippen LogP contribution is -2.38. The van der Waals surface area contributed by atoms with Gasteiger partial charge in [-0.1, -0.05) is 60.1 Å². The third-order valence-electron chi connectivity index (χ3n) is 4.95. The number of ether oxygens (including phenoxy) is 1. The van der Waals surface area contributed by atoms with Crippen LogP contribution < -0.4 is 0 Å². The van der Waals surface area contributed by atoms with Gasteiger partial charge in [0.25, 0.3) is 0 Å². The van der Waals surface area contributed by atoms with E-state index in [1.807, 2.05) is 36.4 Å². The van der Waals surface area contributed by atoms with E-state index in [1.165, 1.54) is 5.56 Å². The highest BCUT2D eigenvalue weighted by Gasteiger charge is 2.44. The minimum Gasteiger partial charge on any atom is -0.464 e. The minimum atomic E-state index is -0.642. The molecule has 2 aromatic carbocycles. The van der Waals surface area contributed by atoms with Gasteiger partial charge in [0, 0.05) is 7.05 Å². The number of esters is 1. The number of nitrogens with zero attached hydrogens (tertiary/aromatic N) is 2. The van der Waals surface area contributed by atoms with Crippen LogP contribution in [0.1, 0.15) is 24.0 Å². The van der Waals surface area contributed by atoms with Crippen molar-refractivity contribution in [2.45, 2.75) is 25.8 Å². The predicted octanol–water partition coefficient (Wildman–Crippen LogP) is 4.60. The molecule has 27 heavy (non-hydrogen) atoms. The third kappa shape index (κ3) is 3.43. The van der Waals surface area contributed by atoms with Crippen LogP contribution in [0.15, 0.2) is 59.3 Å². The molecule has 3 rings (SSSR count). The first-order chi connectivity index (χ1) is 13.0. The van der Waals surface area contributed by atoms with Crippen molar-refractivity contribution in [1.29, 1.82) is 5.26 Å². The van der Waals surface area contributed by atoms with Gasteiger partial charge in [0.2, 0.25) is 0 Å². The van der Waals surface area contributed by atoms with Gasteiger partial charge in [0.1, 0.15) is 11.2 Å². The van der Waals surface area contributed by atoms with Gasteiger partial charge in [-0.15, -0.1) is 0 Å². The summed E-state index contributed by atoms with van der Waals surface area (Å²) in [5, 5.41) is 9.91. The topological polar surface area (TPSA) is 53.3 Å². The van der Waals surface area contributed by atoms with E-state index in [0.29, 0.717) is 10.7 Å². The molecule has 5 heteroatoms. The van der Waals surface area contributed by atoms with E-state index >= 15 is 0 Å². The lowest BCUT2D eigenvalue weighted by Gasteiger charge is -2.25. The molecule has 0 radical (unpaired) electrons. The highest BCUT2D eigenvalue weighted by atomic mass is 35.5. The lowest BCUT2D eigenvalue weighted by atomic mass is 9.86. The zero-order chi connectivity index (χ0) is 19.6. The Labute approximate surface area is 164 Å². The molecule has 2 unspecified atom stereocenters. The van der Waals surface area contributed by atoms with Crippen molar-refractivity contribution in [3.63, 3.8) is 0 Å². The molecule has 1 heterocycles. The average molecular weight is 381 g/mol. The average Bonchev–Trinajstić information content (AvgIpc) is 2.93. The first kappa shape index (κ1) is 19.0. The minimum absolute atomic E-state index is 0.279. The van der Waals surface area contributed by atoms with E-state index in [0.717, 1.165) is 16.7 Å². The summed E-state index contributed by atoms with van der Waals surface area (Å²) in [7, 11) is 1.71. The predicted molar refractivity (Wildman–Crippen MR) is 106 cm³/mol. The van der Waals surface area contributed by atoms with Crippen LogP contribution in [0, 0.1) is 18.3 Å². The van der Waals surface area contributed by atoms with Crippen molar-refractivity contribution in [3.8, 4) is 17.2 Å². The molecule has 0 spiro atoms. The summed E-state index contributed by atoms with van der Waals surface area (Å²) < 4.78 is 5.22. The van der Waals surface area contributed by atoms with E-state index in [4.69, 9.17) is 16.3 Å². The fourth-order valence-corrected chi connectivity index (χ4v) is 3.84. The smallest absolute Gasteiger partial charge is 0.329 e. The number of carbonyl (C=O) groups excluding carboxylic acids is 1. The fraction of sp³-hybridized carbons (Fsp3) is 0.273. The Morgan fingerprint density at radius 2 is 1.89 bits per heavy atom. The molecule has 0 saturated heterocycles. The van der Waals surface area contributed by atoms with Crippen LogP contribution in [0.2, 0.25) is 0 Å². The van der Waals surface area contributed by atoms with E-state index in [9.17, 15) is 10.1 Å². The van der Waals surface area contributed by atoms with Crippen molar-refractivity contribution >= 4 is 17.6 Å². The fourth-order valence-electron chi connectivity index (χ4n) is 3.58. The van der Waals surface area contributed by atoms with E-state index in [-0.39, 0.29) is 12.6 Å². The second kappa shape index (κ2) is 7.85. The maximum atomic E-state index is 12.5. The zero-order valence-corrected chi connectivity index (χ0v) is 16.3. The standard InChI is InChI=1S/C22H21ClN2O2/c1-4-27-22(26)20-19(18(13-24)21(23)25(20)3)16-11-9-15(10-12-16)17-8-6-5-7-14(17)2/h5-12,19-20H,4H2,1-3H3. The Hall–Kier alpha value is -2.77. The number of hydrogen-bond donors (Lipinski definition) is 0. The molecule has 1 aliphatic heterocycles. The third-order valence-corrected chi connectivity index (χ3v) is 5.42. The number of hydrogen-bond acceptors (Lipinski definition) is 4. The van der Waals surface area contributed by atoms with Gasteiger partial charge < -0.3 is 9.64 Å². The molecule has 0 fully saturated rings. The summed E-state index contributed by atoms with van der Waals surface area (Å²) in [4.78, 5) is 14.1. The molecule has 0 aliphatic carbocycles. The summed E-state index contributed by atoms with van der Waals surface area (Å²) in [5.74, 6) is -0.825. The first-order valence-electron chi connectivity index (χ1n) is 8.84. The first-order valence-corrected chi connectivity index (χ1v) is 9.22. The molecule has 0 amide bonds. The quantitative estimate of drug-likeness (QED) is 0.574. The van der Waals surface area contributed by atoms with Gasteiger partial charge in [0.05, 0.1) is 24.2 Å². The largest absolute Gasteiger partial charge is 0.464 e. The summed E-state index contributed by atoms with van der Waals surface area (Å²) in [6.07, 6.45) is 0. The van der Waals surface area contributed by atoms with Crippen molar-refractivity contribution in [1.82, 2.24) is 4.90 Å². The van der Waals surface area contributed by atoms with E-state index in [1.54, 1.807) is 18.9 Å². The van der Waals surface area contributed by atoms with Crippen molar-refractivity contribution in [2.24, 2.45) is 0 Å². The van der Waals surface area contributed by atoms with Crippen LogP contribution in [0.3, 0.4) is 0 Å². The Kier molecular flexibility index (Phi) is 5.53. The maximum Gasteiger partial charge on any atom is 0.329 e. The zero-order valence-electron chi connectivity index (χ0n) is 15.6. The molecule has 138 valence electrons. The normalized spacial score (nSPS) is 19.1. The van der Waals surface area contributed by atoms with Crippen LogP contribution in [0.25, 0.3) is 11.1 Å². The number of aryl methyl sites for hydroxylation is 1. The molecular formula is C22H21ClN2O2. The molecular weight excluding hydrogens is 360 g/mol. The molecule has 0 bridgehead atoms. The van der Waals surface area contributed by atoms with Gasteiger partial charge >= 0.3 is 5.97 Å². The van der Waals surface area contributed by atoms with Crippen molar-refractivity contribution in [2.75, 3.05) is 13.7 Å². The second-order valence-electron chi connectivity index (χ2n) is 6.54. The van der Waals surface area contributed by atoms with Gasteiger partial charge in [0.15, 0.2) is 0 Å². The lowest BCUT2D eigenvalue weighted by molar-refractivity contribution is -0.148. The molecule has 0 aromatic heterocycles. The summed E-state index contributed by atoms with van der Waals surface area (Å²) in [6.45, 7) is 4.11. The molecule has 2 aromatic rings. The van der Waals surface area contributed by atoms with Crippen molar-refractivity contribution < 1.29 is 9.53 Å². The highest BCUT2D eigenvalue weighted by Crippen LogP contribution is 2.42. The molecule has 1 aliphatic rings. The summed E-state index contributed by atoms with van der Waals surface area (Å²) >= 11 is 6.34. The number of rotatable bonds is 4. The van der Waals surface area contributed by atoms with Crippen molar-refractivity contribution in [3.05, 3.63) is 70.4 Å². The Balaban J connectivity index is 2.01. The maximum absolute atomic E-state index is 12.5. The SMILES string of the molecule is CCOC(=O)C1C(c2ccc(-c3ccccc3C)cc2)C(C#N)=C(Cl)N1C. The van der Waals surface area contributed by atoms with Gasteiger partial charge in [-0.3, -0.25) is 0 Å². The molecule has 4 nitrogen and oxygen atoms in total. The Morgan fingerprint density at radius 3 is 2.48 bits per heavy atom. The molecule has 2 atom stereocenters. The van der Waals surface area contributed by atoms with Gasteiger partial charge in [-0.05, 0) is 36.1 Å².